The fourth-order valence-corrected chi connectivity index (χ4v) is 3.65. The molecule has 10 heteroatoms. The second-order valence-electron chi connectivity index (χ2n) is 7.30. The quantitative estimate of drug-likeness (QED) is 0.193. The molecule has 1 amide bonds. The van der Waals surface area contributed by atoms with Crippen molar-refractivity contribution < 1.29 is 24.0 Å². The number of hydrogen-bond donors (Lipinski definition) is 1. The van der Waals surface area contributed by atoms with Gasteiger partial charge in [0.2, 0.25) is 0 Å². The van der Waals surface area contributed by atoms with Gasteiger partial charge in [-0.25, -0.2) is 0 Å². The minimum absolute atomic E-state index is 0.0516. The van der Waals surface area contributed by atoms with Gasteiger partial charge in [0.1, 0.15) is 18.0 Å². The minimum Gasteiger partial charge on any atom is -0.496 e. The molecule has 0 atom stereocenters. The lowest BCUT2D eigenvalue weighted by molar-refractivity contribution is -0.384. The van der Waals surface area contributed by atoms with E-state index in [0.29, 0.717) is 21.8 Å². The van der Waals surface area contributed by atoms with E-state index in [1.807, 2.05) is 0 Å². The fraction of sp³-hybridized carbons (Fsp3) is 0.125. The maximum atomic E-state index is 12.8. The number of amides is 1. The molecule has 1 heterocycles. The highest BCUT2D eigenvalue weighted by atomic mass is 16.6. The van der Waals surface area contributed by atoms with Crippen LogP contribution in [0.25, 0.3) is 21.8 Å². The lowest BCUT2D eigenvalue weighted by Crippen LogP contribution is -2.24. The SMILES string of the molecule is COc1ccc(NC(=O)COC(=O)Cn2c3ccccc3c(=O)c3ccccc32)c([N+](=O)[O-])c1. The van der Waals surface area contributed by atoms with Gasteiger partial charge < -0.3 is 19.4 Å². The third kappa shape index (κ3) is 4.42. The van der Waals surface area contributed by atoms with E-state index >= 15 is 0 Å². The average Bonchev–Trinajstić information content (AvgIpc) is 2.85. The molecule has 1 aromatic heterocycles. The number of nitro groups is 1. The third-order valence-electron chi connectivity index (χ3n) is 5.21. The number of pyridine rings is 1. The second-order valence-corrected chi connectivity index (χ2v) is 7.30. The fourth-order valence-electron chi connectivity index (χ4n) is 3.65. The first-order valence-electron chi connectivity index (χ1n) is 10.2. The van der Waals surface area contributed by atoms with Gasteiger partial charge in [-0.2, -0.15) is 0 Å². The Hall–Kier alpha value is -4.73. The normalized spacial score (nSPS) is 10.7. The zero-order chi connectivity index (χ0) is 24.2. The van der Waals surface area contributed by atoms with Crippen LogP contribution < -0.4 is 15.5 Å². The number of aromatic nitrogens is 1. The summed E-state index contributed by atoms with van der Waals surface area (Å²) in [7, 11) is 1.37. The molecule has 0 radical (unpaired) electrons. The van der Waals surface area contributed by atoms with Gasteiger partial charge in [-0.1, -0.05) is 24.3 Å². The molecule has 0 aliphatic rings. The lowest BCUT2D eigenvalue weighted by atomic mass is 10.1. The number of esters is 1. The molecule has 1 N–H and O–H groups in total. The Morgan fingerprint density at radius 3 is 2.21 bits per heavy atom. The standard InChI is InChI=1S/C24H19N3O7/c1-33-15-10-11-18(21(12-15)27(31)32)25-22(28)14-34-23(29)13-26-19-8-4-2-6-16(19)24(30)17-7-3-5-9-20(17)26/h2-12H,13-14H2,1H3,(H,25,28). The van der Waals surface area contributed by atoms with E-state index in [1.165, 1.54) is 25.3 Å². The topological polar surface area (TPSA) is 130 Å². The summed E-state index contributed by atoms with van der Waals surface area (Å²) in [5, 5.41) is 14.5. The molecular formula is C24H19N3O7. The molecule has 0 unspecified atom stereocenters. The number of carbonyl (C=O) groups is 2. The van der Waals surface area contributed by atoms with E-state index in [9.17, 15) is 24.5 Å². The molecule has 0 aliphatic carbocycles. The number of methoxy groups -OCH3 is 1. The van der Waals surface area contributed by atoms with Crippen LogP contribution in [-0.4, -0.2) is 35.1 Å². The number of fused-ring (bicyclic) bond motifs is 2. The van der Waals surface area contributed by atoms with Crippen LogP contribution in [0.3, 0.4) is 0 Å². The molecule has 0 aliphatic heterocycles. The van der Waals surface area contributed by atoms with Crippen LogP contribution in [0, 0.1) is 10.1 Å². The number of nitro benzene ring substituents is 1. The first-order chi connectivity index (χ1) is 16.4. The Kier molecular flexibility index (Phi) is 6.22. The number of nitrogens with zero attached hydrogens (tertiary/aromatic N) is 2. The van der Waals surface area contributed by atoms with Crippen LogP contribution in [-0.2, 0) is 20.9 Å². The highest BCUT2D eigenvalue weighted by Crippen LogP contribution is 2.28. The lowest BCUT2D eigenvalue weighted by Gasteiger charge is -2.14. The number of carbonyl (C=O) groups excluding carboxylic acids is 2. The molecule has 3 aromatic carbocycles. The van der Waals surface area contributed by atoms with Crippen molar-refractivity contribution in [3.8, 4) is 5.75 Å². The van der Waals surface area contributed by atoms with Crippen LogP contribution in [0.2, 0.25) is 0 Å². The summed E-state index contributed by atoms with van der Waals surface area (Å²) in [4.78, 5) is 48.3. The smallest absolute Gasteiger partial charge is 0.326 e. The summed E-state index contributed by atoms with van der Waals surface area (Å²) in [5.41, 5.74) is 0.564. The van der Waals surface area contributed by atoms with E-state index in [-0.39, 0.29) is 29.1 Å². The Bertz CT molecular complexity index is 1430. The van der Waals surface area contributed by atoms with Crippen LogP contribution in [0.4, 0.5) is 11.4 Å². The average molecular weight is 461 g/mol. The number of para-hydroxylation sites is 2. The highest BCUT2D eigenvalue weighted by molar-refractivity contribution is 5.96. The van der Waals surface area contributed by atoms with Crippen molar-refractivity contribution in [3.63, 3.8) is 0 Å². The molecule has 0 saturated heterocycles. The Morgan fingerprint density at radius 1 is 1.00 bits per heavy atom. The zero-order valence-corrected chi connectivity index (χ0v) is 18.0. The summed E-state index contributed by atoms with van der Waals surface area (Å²) in [6, 6.07) is 17.8. The van der Waals surface area contributed by atoms with Crippen LogP contribution in [0.15, 0.2) is 71.5 Å². The van der Waals surface area contributed by atoms with Crippen molar-refractivity contribution in [2.24, 2.45) is 0 Å². The van der Waals surface area contributed by atoms with Crippen molar-refractivity contribution in [2.45, 2.75) is 6.54 Å². The maximum Gasteiger partial charge on any atom is 0.326 e. The van der Waals surface area contributed by atoms with Gasteiger partial charge in [-0.3, -0.25) is 24.5 Å². The molecule has 0 bridgehead atoms. The van der Waals surface area contributed by atoms with E-state index in [1.54, 1.807) is 53.1 Å². The zero-order valence-electron chi connectivity index (χ0n) is 18.0. The number of rotatable bonds is 7. The van der Waals surface area contributed by atoms with E-state index in [2.05, 4.69) is 5.32 Å². The molecule has 0 spiro atoms. The van der Waals surface area contributed by atoms with E-state index in [0.717, 1.165) is 0 Å². The monoisotopic (exact) mass is 461 g/mol. The van der Waals surface area contributed by atoms with Crippen molar-refractivity contribution in [3.05, 3.63) is 87.1 Å². The Morgan fingerprint density at radius 2 is 1.62 bits per heavy atom. The maximum absolute atomic E-state index is 12.8. The van der Waals surface area contributed by atoms with Crippen molar-refractivity contribution >= 4 is 45.1 Å². The van der Waals surface area contributed by atoms with Gasteiger partial charge in [0.05, 0.1) is 29.1 Å². The molecular weight excluding hydrogens is 442 g/mol. The molecule has 0 saturated carbocycles. The number of anilines is 1. The first kappa shape index (κ1) is 22.5. The van der Waals surface area contributed by atoms with Gasteiger partial charge in [-0.15, -0.1) is 0 Å². The molecule has 4 rings (SSSR count). The molecule has 10 nitrogen and oxygen atoms in total. The highest BCUT2D eigenvalue weighted by Gasteiger charge is 2.19. The van der Waals surface area contributed by atoms with Gasteiger partial charge in [0.25, 0.3) is 11.6 Å². The minimum atomic E-state index is -0.740. The second kappa shape index (κ2) is 9.41. The van der Waals surface area contributed by atoms with Gasteiger partial charge in [0, 0.05) is 10.8 Å². The summed E-state index contributed by atoms with van der Waals surface area (Å²) in [5.74, 6) is -1.19. The first-order valence-corrected chi connectivity index (χ1v) is 10.2. The summed E-state index contributed by atoms with van der Waals surface area (Å²) < 4.78 is 11.7. The summed E-state index contributed by atoms with van der Waals surface area (Å²) in [6.07, 6.45) is 0. The molecule has 4 aromatic rings. The van der Waals surface area contributed by atoms with Crippen molar-refractivity contribution in [1.82, 2.24) is 4.57 Å². The summed E-state index contributed by atoms with van der Waals surface area (Å²) in [6.45, 7) is -0.880. The largest absolute Gasteiger partial charge is 0.496 e. The number of benzene rings is 3. The Labute approximate surface area is 192 Å². The molecule has 172 valence electrons. The van der Waals surface area contributed by atoms with E-state index < -0.39 is 23.4 Å². The van der Waals surface area contributed by atoms with Crippen LogP contribution in [0.5, 0.6) is 5.75 Å². The van der Waals surface area contributed by atoms with Crippen molar-refractivity contribution in [2.75, 3.05) is 19.0 Å². The van der Waals surface area contributed by atoms with Gasteiger partial charge in [0.15, 0.2) is 12.0 Å². The third-order valence-corrected chi connectivity index (χ3v) is 5.21. The number of ether oxygens (including phenoxy) is 2. The predicted octanol–water partition coefficient (Wildman–Crippen LogP) is 3.25. The number of hydrogen-bond acceptors (Lipinski definition) is 7. The predicted molar refractivity (Wildman–Crippen MR) is 125 cm³/mol. The van der Waals surface area contributed by atoms with Crippen LogP contribution >= 0.6 is 0 Å². The molecule has 0 fully saturated rings. The summed E-state index contributed by atoms with van der Waals surface area (Å²) >= 11 is 0. The van der Waals surface area contributed by atoms with Gasteiger partial charge in [-0.05, 0) is 36.4 Å². The van der Waals surface area contributed by atoms with Crippen molar-refractivity contribution in [1.29, 1.82) is 0 Å². The van der Waals surface area contributed by atoms with Crippen LogP contribution in [0.1, 0.15) is 0 Å². The number of nitrogens with one attached hydrogen (secondary N) is 1. The van der Waals surface area contributed by atoms with E-state index in [4.69, 9.17) is 9.47 Å². The Balaban J connectivity index is 1.51. The van der Waals surface area contributed by atoms with Gasteiger partial charge >= 0.3 is 5.97 Å². The molecule has 34 heavy (non-hydrogen) atoms.